The molecule has 3 aromatic carbocycles. The van der Waals surface area contributed by atoms with Gasteiger partial charge in [-0.2, -0.15) is 0 Å². The molecule has 0 bridgehead atoms. The molecule has 0 aromatic heterocycles. The molecule has 2 saturated heterocycles. The van der Waals surface area contributed by atoms with E-state index in [0.717, 1.165) is 75.2 Å². The second kappa shape index (κ2) is 11.6. The van der Waals surface area contributed by atoms with Crippen molar-refractivity contribution in [2.45, 2.75) is 76.0 Å². The van der Waals surface area contributed by atoms with E-state index in [9.17, 15) is 14.4 Å². The number of likely N-dealkylation sites (tertiary alicyclic amines) is 1. The molecule has 0 atom stereocenters. The second-order valence-corrected chi connectivity index (χ2v) is 14.4. The fraction of sp³-hybridized carbons (Fsp3) is 0.447. The van der Waals surface area contributed by atoms with Gasteiger partial charge in [0, 0.05) is 37.6 Å². The minimum absolute atomic E-state index is 0.146. The molecule has 1 saturated carbocycles. The van der Waals surface area contributed by atoms with Crippen molar-refractivity contribution in [2.75, 3.05) is 42.6 Å². The SMILES string of the molecule is CC(C)(C)OC(=O)c1cccc(CN2CN(c3ccccc3)C3(CCN(CCCN4C(=O)C5(CC5)c5ccccc54)CC3)C2=O)c1. The van der Waals surface area contributed by atoms with Crippen LogP contribution >= 0.6 is 0 Å². The van der Waals surface area contributed by atoms with E-state index in [4.69, 9.17) is 4.74 Å². The number of para-hydroxylation sites is 2. The summed E-state index contributed by atoms with van der Waals surface area (Å²) in [7, 11) is 0. The van der Waals surface area contributed by atoms with Crippen LogP contribution in [0.3, 0.4) is 0 Å². The zero-order valence-corrected chi connectivity index (χ0v) is 27.2. The van der Waals surface area contributed by atoms with Gasteiger partial charge >= 0.3 is 5.97 Å². The molecule has 1 aliphatic carbocycles. The molecule has 3 fully saturated rings. The van der Waals surface area contributed by atoms with Gasteiger partial charge in [0.15, 0.2) is 0 Å². The van der Waals surface area contributed by atoms with E-state index in [1.54, 1.807) is 6.07 Å². The van der Waals surface area contributed by atoms with E-state index in [1.807, 2.05) is 79.1 Å². The fourth-order valence-electron chi connectivity index (χ4n) is 7.70. The molecule has 4 aliphatic rings. The molecule has 0 unspecified atom stereocenters. The summed E-state index contributed by atoms with van der Waals surface area (Å²) in [6, 6.07) is 26.0. The average Bonchev–Trinajstić information content (AvgIpc) is 3.78. The molecule has 7 rings (SSSR count). The highest BCUT2D eigenvalue weighted by molar-refractivity contribution is 6.10. The van der Waals surface area contributed by atoms with Gasteiger partial charge in [-0.15, -0.1) is 0 Å². The summed E-state index contributed by atoms with van der Waals surface area (Å²) in [5.74, 6) is 0.0629. The van der Waals surface area contributed by atoms with Crippen molar-refractivity contribution in [2.24, 2.45) is 0 Å². The zero-order chi connectivity index (χ0) is 32.1. The molecule has 0 N–H and O–H groups in total. The zero-order valence-electron chi connectivity index (χ0n) is 27.2. The molecule has 8 heteroatoms. The summed E-state index contributed by atoms with van der Waals surface area (Å²) in [6.45, 7) is 9.78. The van der Waals surface area contributed by atoms with Crippen LogP contribution in [0.1, 0.15) is 74.4 Å². The number of hydrogen-bond donors (Lipinski definition) is 0. The van der Waals surface area contributed by atoms with E-state index in [2.05, 4.69) is 34.1 Å². The van der Waals surface area contributed by atoms with Crippen LogP contribution in [0, 0.1) is 0 Å². The molecule has 3 heterocycles. The van der Waals surface area contributed by atoms with Gasteiger partial charge in [-0.05, 0) is 101 Å². The Kier molecular flexibility index (Phi) is 7.67. The van der Waals surface area contributed by atoms with E-state index in [1.165, 1.54) is 5.56 Å². The van der Waals surface area contributed by atoms with Crippen molar-refractivity contribution < 1.29 is 19.1 Å². The molecule has 0 radical (unpaired) electrons. The normalized spacial score (nSPS) is 20.1. The van der Waals surface area contributed by atoms with Crippen molar-refractivity contribution in [1.82, 2.24) is 9.80 Å². The van der Waals surface area contributed by atoms with Crippen LogP contribution in [0.2, 0.25) is 0 Å². The van der Waals surface area contributed by atoms with Gasteiger partial charge in [0.25, 0.3) is 0 Å². The summed E-state index contributed by atoms with van der Waals surface area (Å²) in [5.41, 5.74) is 3.32. The summed E-state index contributed by atoms with van der Waals surface area (Å²) >= 11 is 0. The Balaban J connectivity index is 1.02. The molecule has 3 aromatic rings. The lowest BCUT2D eigenvalue weighted by Gasteiger charge is -2.43. The van der Waals surface area contributed by atoms with E-state index >= 15 is 0 Å². The van der Waals surface area contributed by atoms with Crippen LogP contribution in [-0.4, -0.2) is 71.6 Å². The topological polar surface area (TPSA) is 73.4 Å². The third-order valence-corrected chi connectivity index (χ3v) is 10.2. The van der Waals surface area contributed by atoms with E-state index in [0.29, 0.717) is 18.8 Å². The van der Waals surface area contributed by atoms with Crippen molar-refractivity contribution in [3.63, 3.8) is 0 Å². The minimum atomic E-state index is -0.608. The molecular formula is C38H44N4O4. The quantitative estimate of drug-likeness (QED) is 0.299. The summed E-state index contributed by atoms with van der Waals surface area (Å²) < 4.78 is 5.58. The number of anilines is 2. The number of ether oxygens (including phenoxy) is 1. The van der Waals surface area contributed by atoms with Crippen molar-refractivity contribution in [1.29, 1.82) is 0 Å². The highest BCUT2D eigenvalue weighted by Gasteiger charge is 2.59. The first-order chi connectivity index (χ1) is 22.1. The van der Waals surface area contributed by atoms with Crippen LogP contribution in [0.5, 0.6) is 0 Å². The molecular weight excluding hydrogens is 576 g/mol. The first kappa shape index (κ1) is 30.5. The Morgan fingerprint density at radius 1 is 0.826 bits per heavy atom. The fourth-order valence-corrected chi connectivity index (χ4v) is 7.70. The average molecular weight is 621 g/mol. The van der Waals surface area contributed by atoms with Crippen LogP contribution < -0.4 is 9.80 Å². The Morgan fingerprint density at radius 2 is 1.54 bits per heavy atom. The van der Waals surface area contributed by atoms with E-state index in [-0.39, 0.29) is 23.2 Å². The van der Waals surface area contributed by atoms with E-state index < -0.39 is 11.1 Å². The largest absolute Gasteiger partial charge is 0.456 e. The lowest BCUT2D eigenvalue weighted by Crippen LogP contribution is -2.56. The molecule has 3 aliphatic heterocycles. The summed E-state index contributed by atoms with van der Waals surface area (Å²) in [4.78, 5) is 49.1. The summed E-state index contributed by atoms with van der Waals surface area (Å²) in [6.07, 6.45) is 4.31. The Bertz CT molecular complexity index is 1640. The predicted octanol–water partition coefficient (Wildman–Crippen LogP) is 5.75. The van der Waals surface area contributed by atoms with Crippen LogP contribution in [0.4, 0.5) is 11.4 Å². The van der Waals surface area contributed by atoms with Gasteiger partial charge in [0.05, 0.1) is 17.6 Å². The molecule has 8 nitrogen and oxygen atoms in total. The first-order valence-corrected chi connectivity index (χ1v) is 16.7. The maximum Gasteiger partial charge on any atom is 0.338 e. The van der Waals surface area contributed by atoms with Crippen LogP contribution in [0.25, 0.3) is 0 Å². The van der Waals surface area contributed by atoms with Gasteiger partial charge in [0.1, 0.15) is 11.1 Å². The van der Waals surface area contributed by atoms with Crippen LogP contribution in [-0.2, 0) is 26.3 Å². The molecule has 2 spiro atoms. The van der Waals surface area contributed by atoms with Crippen molar-refractivity contribution in [3.05, 3.63) is 95.6 Å². The highest BCUT2D eigenvalue weighted by atomic mass is 16.6. The molecule has 2 amide bonds. The highest BCUT2D eigenvalue weighted by Crippen LogP contribution is 2.57. The Labute approximate surface area is 271 Å². The van der Waals surface area contributed by atoms with Gasteiger partial charge in [-0.1, -0.05) is 48.5 Å². The number of esters is 1. The smallest absolute Gasteiger partial charge is 0.338 e. The third-order valence-electron chi connectivity index (χ3n) is 10.2. The van der Waals surface area contributed by atoms with Gasteiger partial charge < -0.3 is 24.3 Å². The number of hydrogen-bond acceptors (Lipinski definition) is 6. The number of carbonyl (C=O) groups excluding carboxylic acids is 3. The number of piperidine rings is 1. The lowest BCUT2D eigenvalue weighted by atomic mass is 9.85. The van der Waals surface area contributed by atoms with Crippen LogP contribution in [0.15, 0.2) is 78.9 Å². The number of rotatable bonds is 8. The lowest BCUT2D eigenvalue weighted by molar-refractivity contribution is -0.134. The number of amides is 2. The van der Waals surface area contributed by atoms with Crippen molar-refractivity contribution in [3.8, 4) is 0 Å². The van der Waals surface area contributed by atoms with Gasteiger partial charge in [0.2, 0.25) is 11.8 Å². The Hall–Kier alpha value is -4.17. The summed E-state index contributed by atoms with van der Waals surface area (Å²) in [5, 5.41) is 0. The third kappa shape index (κ3) is 5.46. The molecule has 240 valence electrons. The Morgan fingerprint density at radius 3 is 2.26 bits per heavy atom. The standard InChI is InChI=1S/C38H44N4O4/c1-36(2,3)46-33(43)29-12-9-11-28(25-29)26-40-27-42(30-13-5-4-6-14-30)38(35(40)45)19-23-39(24-20-38)21-10-22-41-32-16-8-7-15-31(32)37(17-18-37)34(41)44/h4-9,11-16,25H,10,17-24,26-27H2,1-3H3. The molecule has 46 heavy (non-hydrogen) atoms. The van der Waals surface area contributed by atoms with Gasteiger partial charge in [-0.3, -0.25) is 9.59 Å². The van der Waals surface area contributed by atoms with Crippen molar-refractivity contribution >= 4 is 29.2 Å². The maximum absolute atomic E-state index is 14.3. The first-order valence-electron chi connectivity index (χ1n) is 16.7. The monoisotopic (exact) mass is 620 g/mol. The van der Waals surface area contributed by atoms with Gasteiger partial charge in [-0.25, -0.2) is 4.79 Å². The second-order valence-electron chi connectivity index (χ2n) is 14.4. The number of fused-ring (bicyclic) bond motifs is 2. The predicted molar refractivity (Wildman–Crippen MR) is 179 cm³/mol. The number of nitrogens with zero attached hydrogens (tertiary/aromatic N) is 4. The maximum atomic E-state index is 14.3. The number of benzene rings is 3. The minimum Gasteiger partial charge on any atom is -0.456 e. The number of carbonyl (C=O) groups is 3.